The summed E-state index contributed by atoms with van der Waals surface area (Å²) in [7, 11) is 6.01. The number of hydrogen-bond acceptors (Lipinski definition) is 17. The highest BCUT2D eigenvalue weighted by Crippen LogP contribution is 2.30. The average Bonchev–Trinajstić information content (AvgIpc) is 1.84. The van der Waals surface area contributed by atoms with Gasteiger partial charge in [0.1, 0.15) is 36.8 Å². The number of carboxylic acids is 1. The third kappa shape index (κ3) is 21.9. The van der Waals surface area contributed by atoms with Crippen molar-refractivity contribution in [2.75, 3.05) is 53.3 Å². The number of nitrogens with zero attached hydrogens (tertiary/aromatic N) is 4. The molecule has 0 spiro atoms. The van der Waals surface area contributed by atoms with E-state index in [0.717, 1.165) is 22.0 Å². The highest BCUT2D eigenvalue weighted by Gasteiger charge is 2.44. The minimum absolute atomic E-state index is 0.105. The van der Waals surface area contributed by atoms with E-state index < -0.39 is 170 Å². The van der Waals surface area contributed by atoms with E-state index in [2.05, 4.69) is 31.9 Å². The van der Waals surface area contributed by atoms with Gasteiger partial charge in [-0.25, -0.2) is 4.79 Å². The van der Waals surface area contributed by atoms with Crippen molar-refractivity contribution < 1.29 is 87.1 Å². The van der Waals surface area contributed by atoms with E-state index in [-0.39, 0.29) is 43.0 Å². The van der Waals surface area contributed by atoms with Crippen LogP contribution in [0.1, 0.15) is 124 Å². The molecule has 93 heavy (non-hydrogen) atoms. The van der Waals surface area contributed by atoms with Gasteiger partial charge in [-0.05, 0) is 74.1 Å². The fourth-order valence-corrected chi connectivity index (χ4v) is 11.4. The molecule has 0 aromatic heterocycles. The lowest BCUT2D eigenvalue weighted by Crippen LogP contribution is -2.60. The first-order valence-electron chi connectivity index (χ1n) is 31.4. The standard InChI is InChI=1S/C65H96N10O18/c1-14-38(6)56(48(91-12)33-52(80)74-31-18-21-47(74)58(92-13)39(7)59(84)66-40(8)57(83)43-19-16-15-17-20-43)72(10)64(89)54(36(2)3)71-63(88)55(37(4)5)73(11)65(90)93-35-42-22-24-44(25-23-42)68-60(85)41(9)67-62(87)46(34-76)70-61(86)45(26-29-53(81)82)69-49(77)30-32-75-50(78)27-28-51(75)79/h15-17,19-20,22-25,27-28,36-41,45-48,54-58,76,83H,14,18,21,26,29-35H2,1-13H3,(H,66,84)(H,67,87)(H,68,85)(H,69,77)(H,70,86)(H,71,88)(H,81,82)/t38-,39+,40+,41-,45-,46-,47-,48+,54-,55-,56-,57+,58+/m0/s1. The Kier molecular flexibility index (Phi) is 30.5. The first-order chi connectivity index (χ1) is 43.9. The molecule has 2 aliphatic heterocycles. The molecule has 0 bridgehead atoms. The van der Waals surface area contributed by atoms with E-state index in [9.17, 15) is 72.9 Å². The van der Waals surface area contributed by atoms with Crippen LogP contribution in [0.2, 0.25) is 0 Å². The van der Waals surface area contributed by atoms with Gasteiger partial charge in [0, 0.05) is 72.1 Å². The SMILES string of the molecule is CC[C@H](C)[C@@H]([C@@H](CC(=O)N1CCC[C@H]1[C@H](OC)[C@@H](C)C(=O)N[C@H](C)[C@@H](O)c1ccccc1)OC)N(C)C(=O)[C@@H](NC(=O)[C@H](C(C)C)N(C)C(=O)OCc1ccc(NC(=O)[C@H](C)NC(=O)[C@H](CO)NC(=O)[C@H](CCC(=O)O)NC(=O)CCN2C(=O)C=CC2=O)cc1)C(C)C. The van der Waals surface area contributed by atoms with Crippen LogP contribution < -0.4 is 31.9 Å². The Hall–Kier alpha value is -8.34. The zero-order valence-electron chi connectivity index (χ0n) is 55.5. The number of carbonyl (C=O) groups excluding carboxylic acids is 11. The van der Waals surface area contributed by atoms with Crippen LogP contribution in [0.15, 0.2) is 66.7 Å². The summed E-state index contributed by atoms with van der Waals surface area (Å²) in [4.78, 5) is 163. The van der Waals surface area contributed by atoms with Gasteiger partial charge in [-0.2, -0.15) is 0 Å². The Balaban J connectivity index is 1.34. The predicted molar refractivity (Wildman–Crippen MR) is 339 cm³/mol. The number of ether oxygens (including phenoxy) is 3. The molecule has 1 saturated heterocycles. The molecule has 2 heterocycles. The quantitative estimate of drug-likeness (QED) is 0.0441. The number of rotatable bonds is 36. The predicted octanol–water partition coefficient (Wildman–Crippen LogP) is 2.16. The summed E-state index contributed by atoms with van der Waals surface area (Å²) < 4.78 is 17.6. The summed E-state index contributed by atoms with van der Waals surface area (Å²) >= 11 is 0. The number of benzene rings is 2. The number of aliphatic hydroxyl groups is 2. The number of likely N-dealkylation sites (tertiary alicyclic amines) is 1. The average molecular weight is 1310 g/mol. The monoisotopic (exact) mass is 1300 g/mol. The van der Waals surface area contributed by atoms with E-state index in [1.807, 2.05) is 32.0 Å². The van der Waals surface area contributed by atoms with Gasteiger partial charge in [-0.1, -0.05) is 97.4 Å². The minimum atomic E-state index is -1.65. The van der Waals surface area contributed by atoms with Crippen molar-refractivity contribution in [2.45, 2.75) is 181 Å². The van der Waals surface area contributed by atoms with Crippen LogP contribution >= 0.6 is 0 Å². The second-order valence-corrected chi connectivity index (χ2v) is 24.5. The van der Waals surface area contributed by atoms with E-state index >= 15 is 0 Å². The van der Waals surface area contributed by atoms with E-state index in [1.165, 1.54) is 45.2 Å². The zero-order chi connectivity index (χ0) is 69.6. The van der Waals surface area contributed by atoms with Crippen molar-refractivity contribution in [1.82, 2.24) is 46.2 Å². The number of anilines is 1. The maximum atomic E-state index is 14.8. The number of likely N-dealkylation sites (N-methyl/N-ethyl adjacent to an activating group) is 2. The van der Waals surface area contributed by atoms with Crippen molar-refractivity contribution >= 4 is 76.8 Å². The van der Waals surface area contributed by atoms with E-state index in [4.69, 9.17) is 14.2 Å². The lowest BCUT2D eigenvalue weighted by atomic mass is 9.89. The zero-order valence-corrected chi connectivity index (χ0v) is 55.5. The number of carbonyl (C=O) groups is 12. The van der Waals surface area contributed by atoms with Crippen molar-refractivity contribution in [1.29, 1.82) is 0 Å². The van der Waals surface area contributed by atoms with Gasteiger partial charge < -0.3 is 71.2 Å². The van der Waals surface area contributed by atoms with Gasteiger partial charge in [-0.3, -0.25) is 62.5 Å². The summed E-state index contributed by atoms with van der Waals surface area (Å²) in [6.07, 6.45) is -0.880. The normalized spacial score (nSPS) is 17.7. The highest BCUT2D eigenvalue weighted by molar-refractivity contribution is 6.13. The molecule has 13 atom stereocenters. The first kappa shape index (κ1) is 77.1. The number of amides is 11. The van der Waals surface area contributed by atoms with Crippen molar-refractivity contribution in [3.05, 3.63) is 77.9 Å². The number of nitrogens with one attached hydrogen (secondary N) is 6. The molecule has 9 N–H and O–H groups in total. The molecule has 4 rings (SSSR count). The smallest absolute Gasteiger partial charge is 0.410 e. The molecule has 0 aliphatic carbocycles. The molecular weight excluding hydrogens is 1210 g/mol. The summed E-state index contributed by atoms with van der Waals surface area (Å²) in [5.41, 5.74) is 1.40. The van der Waals surface area contributed by atoms with Gasteiger partial charge in [0.25, 0.3) is 11.8 Å². The van der Waals surface area contributed by atoms with Gasteiger partial charge in [0.05, 0.1) is 55.4 Å². The second kappa shape index (κ2) is 36.8. The maximum absolute atomic E-state index is 14.8. The third-order valence-corrected chi connectivity index (χ3v) is 17.0. The number of aliphatic hydroxyl groups excluding tert-OH is 2. The second-order valence-electron chi connectivity index (χ2n) is 24.5. The molecular formula is C65H96N10O18. The number of imide groups is 1. The van der Waals surface area contributed by atoms with E-state index in [0.29, 0.717) is 36.9 Å². The summed E-state index contributed by atoms with van der Waals surface area (Å²) in [5, 5.41) is 45.6. The fourth-order valence-electron chi connectivity index (χ4n) is 11.4. The van der Waals surface area contributed by atoms with Crippen LogP contribution in [0.5, 0.6) is 0 Å². The topological polar surface area (TPSA) is 378 Å². The molecule has 2 aliphatic rings. The number of methoxy groups -OCH3 is 2. The number of carboxylic acid groups (broad SMARTS) is 1. The summed E-state index contributed by atoms with van der Waals surface area (Å²) in [6.45, 7) is 14.6. The Morgan fingerprint density at radius 1 is 0.710 bits per heavy atom. The fraction of sp³-hybridized carbons (Fsp3) is 0.600. The Morgan fingerprint density at radius 3 is 1.89 bits per heavy atom. The van der Waals surface area contributed by atoms with Gasteiger partial charge in [-0.15, -0.1) is 0 Å². The Bertz CT molecular complexity index is 2930. The van der Waals surface area contributed by atoms with Crippen LogP contribution in [0.4, 0.5) is 10.5 Å². The maximum Gasteiger partial charge on any atom is 0.410 e. The molecule has 28 nitrogen and oxygen atoms in total. The lowest BCUT2D eigenvalue weighted by Gasteiger charge is -2.41. The number of aliphatic carboxylic acids is 1. The first-order valence-corrected chi connectivity index (χ1v) is 31.4. The Labute approximate surface area is 543 Å². The molecule has 514 valence electrons. The molecule has 28 heteroatoms. The third-order valence-electron chi connectivity index (χ3n) is 17.0. The molecule has 0 saturated carbocycles. The van der Waals surface area contributed by atoms with Crippen molar-refractivity contribution in [2.24, 2.45) is 23.7 Å². The molecule has 0 unspecified atom stereocenters. The highest BCUT2D eigenvalue weighted by atomic mass is 16.6. The molecule has 0 radical (unpaired) electrons. The minimum Gasteiger partial charge on any atom is -0.481 e. The Morgan fingerprint density at radius 2 is 1.33 bits per heavy atom. The van der Waals surface area contributed by atoms with Gasteiger partial charge >= 0.3 is 12.1 Å². The van der Waals surface area contributed by atoms with Crippen molar-refractivity contribution in [3.8, 4) is 0 Å². The van der Waals surface area contributed by atoms with Crippen LogP contribution in [-0.4, -0.2) is 215 Å². The molecule has 1 fully saturated rings. The van der Waals surface area contributed by atoms with Crippen molar-refractivity contribution in [3.63, 3.8) is 0 Å². The van der Waals surface area contributed by atoms with E-state index in [1.54, 1.807) is 77.8 Å². The summed E-state index contributed by atoms with van der Waals surface area (Å²) in [5.74, 6) is -9.56. The van der Waals surface area contributed by atoms with Gasteiger partial charge in [0.15, 0.2) is 0 Å². The van der Waals surface area contributed by atoms with Crippen LogP contribution in [0.25, 0.3) is 0 Å². The van der Waals surface area contributed by atoms with Crippen LogP contribution in [0, 0.1) is 23.7 Å². The largest absolute Gasteiger partial charge is 0.481 e. The number of hydrogen-bond donors (Lipinski definition) is 9. The lowest BCUT2D eigenvalue weighted by molar-refractivity contribution is -0.148. The molecule has 11 amide bonds. The molecule has 2 aromatic rings. The summed E-state index contributed by atoms with van der Waals surface area (Å²) in [6, 6.07) is 6.82. The molecule has 2 aromatic carbocycles. The van der Waals surface area contributed by atoms with Crippen LogP contribution in [0.3, 0.4) is 0 Å². The van der Waals surface area contributed by atoms with Gasteiger partial charge in [0.2, 0.25) is 47.3 Å². The van der Waals surface area contributed by atoms with Crippen LogP contribution in [-0.2, 0) is 73.6 Å².